The Balaban J connectivity index is 2.44. The maximum absolute atomic E-state index is 12.0. The molecule has 0 heterocycles. The minimum atomic E-state index is -1.02. The number of esters is 1. The molecule has 1 N–H and O–H groups in total. The molecule has 0 aliphatic carbocycles. The molecule has 122 valence electrons. The molecule has 0 saturated heterocycles. The highest BCUT2D eigenvalue weighted by Gasteiger charge is 2.15. The van der Waals surface area contributed by atoms with Crippen LogP contribution in [0, 0.1) is 0 Å². The fourth-order valence-electron chi connectivity index (χ4n) is 2.01. The Kier molecular flexibility index (Phi) is 7.60. The molecular formula is C17H24O5. The summed E-state index contributed by atoms with van der Waals surface area (Å²) in [5.74, 6) is -1.48. The summed E-state index contributed by atoms with van der Waals surface area (Å²) < 4.78 is 11.0. The lowest BCUT2D eigenvalue weighted by molar-refractivity contribution is 0.00302. The number of carboxylic acid groups (broad SMARTS) is 1. The van der Waals surface area contributed by atoms with Gasteiger partial charge >= 0.3 is 11.9 Å². The molecule has 0 spiro atoms. The SMILES string of the molecule is CCCCO[C@H](C)C[C@@H](C)OC(=O)c1ccc(C(=O)O)cc1. The van der Waals surface area contributed by atoms with E-state index in [0.29, 0.717) is 12.0 Å². The molecular weight excluding hydrogens is 284 g/mol. The molecule has 5 heteroatoms. The first-order valence-corrected chi connectivity index (χ1v) is 7.60. The molecule has 1 aromatic rings. The molecule has 0 unspecified atom stereocenters. The zero-order chi connectivity index (χ0) is 16.5. The van der Waals surface area contributed by atoms with E-state index in [9.17, 15) is 9.59 Å². The van der Waals surface area contributed by atoms with Crippen molar-refractivity contribution in [3.8, 4) is 0 Å². The largest absolute Gasteiger partial charge is 0.478 e. The van der Waals surface area contributed by atoms with Gasteiger partial charge in [-0.2, -0.15) is 0 Å². The second-order valence-corrected chi connectivity index (χ2v) is 5.37. The summed E-state index contributed by atoms with van der Waals surface area (Å²) >= 11 is 0. The Hall–Kier alpha value is -1.88. The van der Waals surface area contributed by atoms with Crippen molar-refractivity contribution in [2.45, 2.75) is 52.2 Å². The van der Waals surface area contributed by atoms with Gasteiger partial charge in [-0.15, -0.1) is 0 Å². The molecule has 0 amide bonds. The highest BCUT2D eigenvalue weighted by Crippen LogP contribution is 2.11. The minimum Gasteiger partial charge on any atom is -0.478 e. The van der Waals surface area contributed by atoms with Crippen molar-refractivity contribution in [2.75, 3.05) is 6.61 Å². The van der Waals surface area contributed by atoms with Gasteiger partial charge < -0.3 is 14.6 Å². The maximum atomic E-state index is 12.0. The first kappa shape index (κ1) is 18.2. The van der Waals surface area contributed by atoms with Crippen LogP contribution in [-0.2, 0) is 9.47 Å². The molecule has 0 aromatic heterocycles. The Morgan fingerprint density at radius 2 is 1.68 bits per heavy atom. The third-order valence-corrected chi connectivity index (χ3v) is 3.24. The zero-order valence-electron chi connectivity index (χ0n) is 13.4. The van der Waals surface area contributed by atoms with Crippen LogP contribution in [0.1, 0.15) is 60.7 Å². The number of aromatic carboxylic acids is 1. The van der Waals surface area contributed by atoms with Crippen LogP contribution >= 0.6 is 0 Å². The van der Waals surface area contributed by atoms with Gasteiger partial charge in [-0.05, 0) is 44.5 Å². The number of unbranched alkanes of at least 4 members (excludes halogenated alkanes) is 1. The number of hydrogen-bond donors (Lipinski definition) is 1. The summed E-state index contributed by atoms with van der Waals surface area (Å²) in [6, 6.07) is 5.69. The van der Waals surface area contributed by atoms with Gasteiger partial charge in [0.1, 0.15) is 6.10 Å². The Morgan fingerprint density at radius 3 is 2.23 bits per heavy atom. The van der Waals surface area contributed by atoms with Gasteiger partial charge in [0.25, 0.3) is 0 Å². The molecule has 0 aliphatic rings. The van der Waals surface area contributed by atoms with Gasteiger partial charge in [0, 0.05) is 13.0 Å². The van der Waals surface area contributed by atoms with Crippen LogP contribution < -0.4 is 0 Å². The van der Waals surface area contributed by atoms with E-state index in [2.05, 4.69) is 6.92 Å². The number of carbonyl (C=O) groups excluding carboxylic acids is 1. The van der Waals surface area contributed by atoms with E-state index in [-0.39, 0.29) is 17.8 Å². The lowest BCUT2D eigenvalue weighted by Gasteiger charge is -2.18. The Morgan fingerprint density at radius 1 is 1.09 bits per heavy atom. The van der Waals surface area contributed by atoms with Crippen molar-refractivity contribution < 1.29 is 24.2 Å². The maximum Gasteiger partial charge on any atom is 0.338 e. The van der Waals surface area contributed by atoms with Crippen molar-refractivity contribution >= 4 is 11.9 Å². The van der Waals surface area contributed by atoms with Crippen molar-refractivity contribution in [3.05, 3.63) is 35.4 Å². The molecule has 5 nitrogen and oxygen atoms in total. The highest BCUT2D eigenvalue weighted by atomic mass is 16.5. The van der Waals surface area contributed by atoms with Crippen LogP contribution in [0.25, 0.3) is 0 Å². The number of benzene rings is 1. The predicted molar refractivity (Wildman–Crippen MR) is 83.2 cm³/mol. The van der Waals surface area contributed by atoms with Crippen molar-refractivity contribution in [3.63, 3.8) is 0 Å². The van der Waals surface area contributed by atoms with Crippen LogP contribution in [-0.4, -0.2) is 35.9 Å². The molecule has 2 atom stereocenters. The topological polar surface area (TPSA) is 72.8 Å². The fourth-order valence-corrected chi connectivity index (χ4v) is 2.01. The van der Waals surface area contributed by atoms with Gasteiger partial charge in [0.15, 0.2) is 0 Å². The van der Waals surface area contributed by atoms with Gasteiger partial charge in [-0.3, -0.25) is 0 Å². The van der Waals surface area contributed by atoms with E-state index in [1.807, 2.05) is 13.8 Å². The number of ether oxygens (including phenoxy) is 2. The molecule has 0 fully saturated rings. The molecule has 1 aromatic carbocycles. The standard InChI is InChI=1S/C17H24O5/c1-4-5-10-21-12(2)11-13(3)22-17(20)15-8-6-14(7-9-15)16(18)19/h6-9,12-13H,4-5,10-11H2,1-3H3,(H,18,19)/t12-,13-/m1/s1. The Bertz CT molecular complexity index is 480. The third-order valence-electron chi connectivity index (χ3n) is 3.24. The highest BCUT2D eigenvalue weighted by molar-refractivity contribution is 5.92. The molecule has 0 saturated carbocycles. The fraction of sp³-hybridized carbons (Fsp3) is 0.529. The molecule has 22 heavy (non-hydrogen) atoms. The van der Waals surface area contributed by atoms with E-state index in [1.165, 1.54) is 24.3 Å². The van der Waals surface area contributed by atoms with Crippen molar-refractivity contribution in [1.29, 1.82) is 0 Å². The Labute approximate surface area is 131 Å². The zero-order valence-corrected chi connectivity index (χ0v) is 13.4. The smallest absolute Gasteiger partial charge is 0.338 e. The third kappa shape index (κ3) is 6.26. The van der Waals surface area contributed by atoms with Gasteiger partial charge in [-0.25, -0.2) is 9.59 Å². The van der Waals surface area contributed by atoms with E-state index in [4.69, 9.17) is 14.6 Å². The first-order chi connectivity index (χ1) is 10.4. The van der Waals surface area contributed by atoms with Crippen LogP contribution in [0.2, 0.25) is 0 Å². The van der Waals surface area contributed by atoms with E-state index in [0.717, 1.165) is 19.4 Å². The lowest BCUT2D eigenvalue weighted by Crippen LogP contribution is -2.22. The number of carboxylic acids is 1. The first-order valence-electron chi connectivity index (χ1n) is 7.60. The van der Waals surface area contributed by atoms with Crippen LogP contribution in [0.4, 0.5) is 0 Å². The average molecular weight is 308 g/mol. The summed E-state index contributed by atoms with van der Waals surface area (Å²) in [5.41, 5.74) is 0.485. The molecule has 0 bridgehead atoms. The number of carbonyl (C=O) groups is 2. The van der Waals surface area contributed by atoms with Crippen molar-refractivity contribution in [2.24, 2.45) is 0 Å². The molecule has 0 aliphatic heterocycles. The summed E-state index contributed by atoms with van der Waals surface area (Å²) in [4.78, 5) is 22.7. The summed E-state index contributed by atoms with van der Waals surface area (Å²) in [6.07, 6.45) is 2.51. The minimum absolute atomic E-state index is 0.0312. The van der Waals surface area contributed by atoms with Gasteiger partial charge in [0.2, 0.25) is 0 Å². The monoisotopic (exact) mass is 308 g/mol. The predicted octanol–water partition coefficient (Wildman–Crippen LogP) is 3.53. The second-order valence-electron chi connectivity index (χ2n) is 5.37. The summed E-state index contributed by atoms with van der Waals surface area (Å²) in [7, 11) is 0. The van der Waals surface area contributed by atoms with E-state index in [1.54, 1.807) is 0 Å². The quantitative estimate of drug-likeness (QED) is 0.558. The summed E-state index contributed by atoms with van der Waals surface area (Å²) in [5, 5.41) is 8.82. The van der Waals surface area contributed by atoms with E-state index >= 15 is 0 Å². The normalized spacial score (nSPS) is 13.4. The summed E-state index contributed by atoms with van der Waals surface area (Å²) in [6.45, 7) is 6.61. The second kappa shape index (κ2) is 9.20. The van der Waals surface area contributed by atoms with Gasteiger partial charge in [-0.1, -0.05) is 13.3 Å². The number of hydrogen-bond acceptors (Lipinski definition) is 4. The molecule has 0 radical (unpaired) electrons. The van der Waals surface area contributed by atoms with Crippen LogP contribution in [0.15, 0.2) is 24.3 Å². The van der Waals surface area contributed by atoms with Crippen molar-refractivity contribution in [1.82, 2.24) is 0 Å². The lowest BCUT2D eigenvalue weighted by atomic mass is 10.1. The van der Waals surface area contributed by atoms with Crippen LogP contribution in [0.5, 0.6) is 0 Å². The average Bonchev–Trinajstić information content (AvgIpc) is 2.47. The van der Waals surface area contributed by atoms with E-state index < -0.39 is 11.9 Å². The number of rotatable bonds is 9. The molecule has 1 rings (SSSR count). The van der Waals surface area contributed by atoms with Crippen LogP contribution in [0.3, 0.4) is 0 Å². The van der Waals surface area contributed by atoms with Gasteiger partial charge in [0.05, 0.1) is 17.2 Å².